The van der Waals surface area contributed by atoms with Crippen molar-refractivity contribution in [3.05, 3.63) is 28.8 Å². The predicted molar refractivity (Wildman–Crippen MR) is 72.8 cm³/mol. The zero-order valence-electron chi connectivity index (χ0n) is 10.4. The largest absolute Gasteiger partial charge is 0.478 e. The summed E-state index contributed by atoms with van der Waals surface area (Å²) < 4.78 is 0. The van der Waals surface area contributed by atoms with Gasteiger partial charge in [0.1, 0.15) is 0 Å². The second kappa shape index (κ2) is 5.48. The molecule has 0 radical (unpaired) electrons. The highest BCUT2D eigenvalue weighted by Crippen LogP contribution is 2.26. The molecule has 3 N–H and O–H groups in total. The second-order valence-electron chi connectivity index (χ2n) is 4.87. The third-order valence-electron chi connectivity index (χ3n) is 3.17. The summed E-state index contributed by atoms with van der Waals surface area (Å²) in [5, 5.41) is 14.7. The molecule has 1 saturated carbocycles. The molecular weight excluding hydrogens is 268 g/mol. The molecule has 1 aromatic rings. The number of halogens is 1. The number of carbonyl (C=O) groups is 2. The van der Waals surface area contributed by atoms with Crippen LogP contribution in [0.2, 0.25) is 5.02 Å². The molecule has 2 rings (SSSR count). The Bertz CT molecular complexity index is 513. The lowest BCUT2D eigenvalue weighted by Gasteiger charge is -2.33. The molecule has 0 heterocycles. The van der Waals surface area contributed by atoms with E-state index in [1.165, 1.54) is 18.2 Å². The summed E-state index contributed by atoms with van der Waals surface area (Å²) in [5.41, 5.74) is 0.214. The number of carbonyl (C=O) groups excluding carboxylic acids is 1. The Labute approximate surface area is 116 Å². The Morgan fingerprint density at radius 1 is 1.37 bits per heavy atom. The molecule has 1 aromatic carbocycles. The van der Waals surface area contributed by atoms with Gasteiger partial charge in [-0.3, -0.25) is 0 Å². The van der Waals surface area contributed by atoms with Crippen molar-refractivity contribution in [3.8, 4) is 0 Å². The maximum Gasteiger partial charge on any atom is 0.337 e. The number of aromatic carboxylic acids is 1. The fourth-order valence-electron chi connectivity index (χ4n) is 2.17. The molecule has 1 fully saturated rings. The van der Waals surface area contributed by atoms with E-state index >= 15 is 0 Å². The fraction of sp³-hybridized carbons (Fsp3) is 0.385. The maximum absolute atomic E-state index is 11.7. The van der Waals surface area contributed by atoms with Gasteiger partial charge in [-0.1, -0.05) is 18.5 Å². The number of benzene rings is 1. The molecule has 6 heteroatoms. The standard InChI is InChI=1S/C13H15ClN2O3/c1-7-4-9(5-7)15-13(19)16-11-3-2-8(14)6-10(11)12(17)18/h2-3,6-7,9H,4-5H2,1H3,(H,17,18)(H2,15,16,19). The molecule has 19 heavy (non-hydrogen) atoms. The smallest absolute Gasteiger partial charge is 0.337 e. The Morgan fingerprint density at radius 2 is 2.05 bits per heavy atom. The summed E-state index contributed by atoms with van der Waals surface area (Å²) in [6.07, 6.45) is 1.92. The van der Waals surface area contributed by atoms with Crippen LogP contribution in [0.1, 0.15) is 30.1 Å². The lowest BCUT2D eigenvalue weighted by molar-refractivity contribution is 0.0698. The number of hydrogen-bond acceptors (Lipinski definition) is 2. The normalized spacial score (nSPS) is 21.4. The Hall–Kier alpha value is -1.75. The number of carboxylic acid groups (broad SMARTS) is 1. The molecule has 0 atom stereocenters. The second-order valence-corrected chi connectivity index (χ2v) is 5.30. The van der Waals surface area contributed by atoms with E-state index in [2.05, 4.69) is 17.6 Å². The third kappa shape index (κ3) is 3.38. The molecule has 0 bridgehead atoms. The van der Waals surface area contributed by atoms with Crippen molar-refractivity contribution in [2.45, 2.75) is 25.8 Å². The average Bonchev–Trinajstić information content (AvgIpc) is 2.29. The Balaban J connectivity index is 2.02. The molecule has 0 aliphatic heterocycles. The maximum atomic E-state index is 11.7. The highest BCUT2D eigenvalue weighted by molar-refractivity contribution is 6.31. The topological polar surface area (TPSA) is 78.4 Å². The SMILES string of the molecule is CC1CC(NC(=O)Nc2ccc(Cl)cc2C(=O)O)C1. The zero-order valence-corrected chi connectivity index (χ0v) is 11.2. The van der Waals surface area contributed by atoms with E-state index in [-0.39, 0.29) is 23.3 Å². The Morgan fingerprint density at radius 3 is 2.63 bits per heavy atom. The van der Waals surface area contributed by atoms with Crippen LogP contribution in [0.15, 0.2) is 18.2 Å². The summed E-state index contributed by atoms with van der Waals surface area (Å²) in [6.45, 7) is 2.12. The van der Waals surface area contributed by atoms with Crippen LogP contribution in [0.3, 0.4) is 0 Å². The van der Waals surface area contributed by atoms with E-state index in [9.17, 15) is 9.59 Å². The van der Waals surface area contributed by atoms with Crippen LogP contribution in [0, 0.1) is 5.92 Å². The monoisotopic (exact) mass is 282 g/mol. The van der Waals surface area contributed by atoms with Crippen molar-refractivity contribution >= 4 is 29.3 Å². The first-order chi connectivity index (χ1) is 8.95. The summed E-state index contributed by atoms with van der Waals surface area (Å²) in [4.78, 5) is 22.8. The number of urea groups is 1. The number of rotatable bonds is 3. The highest BCUT2D eigenvalue weighted by Gasteiger charge is 2.26. The molecule has 0 unspecified atom stereocenters. The number of carboxylic acids is 1. The first-order valence-corrected chi connectivity index (χ1v) is 6.44. The highest BCUT2D eigenvalue weighted by atomic mass is 35.5. The van der Waals surface area contributed by atoms with Gasteiger partial charge in [0.15, 0.2) is 0 Å². The lowest BCUT2D eigenvalue weighted by atomic mass is 9.82. The van der Waals surface area contributed by atoms with Crippen molar-refractivity contribution < 1.29 is 14.7 Å². The van der Waals surface area contributed by atoms with Crippen LogP contribution >= 0.6 is 11.6 Å². The lowest BCUT2D eigenvalue weighted by Crippen LogP contribution is -2.45. The minimum absolute atomic E-state index is 0.0235. The van der Waals surface area contributed by atoms with Crippen molar-refractivity contribution in [3.63, 3.8) is 0 Å². The van der Waals surface area contributed by atoms with Gasteiger partial charge in [0.25, 0.3) is 0 Å². The molecule has 2 amide bonds. The minimum Gasteiger partial charge on any atom is -0.478 e. The average molecular weight is 283 g/mol. The van der Waals surface area contributed by atoms with Gasteiger partial charge in [-0.2, -0.15) is 0 Å². The summed E-state index contributed by atoms with van der Waals surface area (Å²) in [6, 6.07) is 4.12. The van der Waals surface area contributed by atoms with E-state index in [0.29, 0.717) is 10.9 Å². The van der Waals surface area contributed by atoms with Crippen LogP contribution in [0.25, 0.3) is 0 Å². The van der Waals surface area contributed by atoms with Gasteiger partial charge in [0.2, 0.25) is 0 Å². The molecule has 0 saturated heterocycles. The third-order valence-corrected chi connectivity index (χ3v) is 3.40. The van der Waals surface area contributed by atoms with Crippen molar-refractivity contribution in [1.29, 1.82) is 0 Å². The van der Waals surface area contributed by atoms with Crippen molar-refractivity contribution in [1.82, 2.24) is 5.32 Å². The summed E-state index contributed by atoms with van der Waals surface area (Å²) in [5.74, 6) is -0.495. The van der Waals surface area contributed by atoms with Crippen molar-refractivity contribution in [2.75, 3.05) is 5.32 Å². The molecule has 0 spiro atoms. The van der Waals surface area contributed by atoms with Gasteiger partial charge in [-0.15, -0.1) is 0 Å². The van der Waals surface area contributed by atoms with Crippen LogP contribution in [-0.4, -0.2) is 23.1 Å². The van der Waals surface area contributed by atoms with Crippen LogP contribution in [0.4, 0.5) is 10.5 Å². The van der Waals surface area contributed by atoms with E-state index in [1.807, 2.05) is 0 Å². The van der Waals surface area contributed by atoms with Gasteiger partial charge < -0.3 is 15.7 Å². The molecule has 1 aliphatic carbocycles. The number of amides is 2. The fourth-order valence-corrected chi connectivity index (χ4v) is 2.34. The van der Waals surface area contributed by atoms with Crippen molar-refractivity contribution in [2.24, 2.45) is 5.92 Å². The van der Waals surface area contributed by atoms with Gasteiger partial charge in [0, 0.05) is 11.1 Å². The number of hydrogen-bond donors (Lipinski definition) is 3. The van der Waals surface area contributed by atoms with Gasteiger partial charge in [-0.25, -0.2) is 9.59 Å². The summed E-state index contributed by atoms with van der Waals surface area (Å²) >= 11 is 5.74. The number of nitrogens with one attached hydrogen (secondary N) is 2. The van der Waals surface area contributed by atoms with Gasteiger partial charge in [-0.05, 0) is 37.0 Å². The predicted octanol–water partition coefficient (Wildman–Crippen LogP) is 2.96. The summed E-state index contributed by atoms with van der Waals surface area (Å²) in [7, 11) is 0. The zero-order chi connectivity index (χ0) is 14.0. The first kappa shape index (κ1) is 13.7. The van der Waals surface area contributed by atoms with E-state index < -0.39 is 5.97 Å². The molecule has 102 valence electrons. The quantitative estimate of drug-likeness (QED) is 0.797. The minimum atomic E-state index is -1.13. The van der Waals surface area contributed by atoms with E-state index in [4.69, 9.17) is 16.7 Å². The van der Waals surface area contributed by atoms with Crippen LogP contribution in [0.5, 0.6) is 0 Å². The molecular formula is C13H15ClN2O3. The van der Waals surface area contributed by atoms with Gasteiger partial charge in [0.05, 0.1) is 11.3 Å². The molecule has 0 aromatic heterocycles. The van der Waals surface area contributed by atoms with Crippen LogP contribution < -0.4 is 10.6 Å². The Kier molecular flexibility index (Phi) is 3.95. The molecule has 1 aliphatic rings. The van der Waals surface area contributed by atoms with E-state index in [1.54, 1.807) is 0 Å². The first-order valence-electron chi connectivity index (χ1n) is 6.06. The molecule has 5 nitrogen and oxygen atoms in total. The number of anilines is 1. The van der Waals surface area contributed by atoms with Crippen LogP contribution in [-0.2, 0) is 0 Å². The van der Waals surface area contributed by atoms with Gasteiger partial charge >= 0.3 is 12.0 Å². The van der Waals surface area contributed by atoms with E-state index in [0.717, 1.165) is 12.8 Å².